The minimum atomic E-state index is -0.440. The summed E-state index contributed by atoms with van der Waals surface area (Å²) >= 11 is 5.77. The molecule has 0 aliphatic rings. The lowest BCUT2D eigenvalue weighted by molar-refractivity contribution is 0.0598. The van der Waals surface area contributed by atoms with Gasteiger partial charge in [-0.05, 0) is 23.6 Å². The lowest BCUT2D eigenvalue weighted by Crippen LogP contribution is -2.10. The highest BCUT2D eigenvalue weighted by molar-refractivity contribution is 6.17. The van der Waals surface area contributed by atoms with E-state index in [9.17, 15) is 4.79 Å². The zero-order chi connectivity index (χ0) is 12.1. The van der Waals surface area contributed by atoms with Crippen LogP contribution in [0.5, 0.6) is 0 Å². The molecular formula is C12H12ClNO2. The standard InChI is InChI=1S/C12H12ClNO2/c1-3-10-9(7-14)5-4-8(6-13)11(10)12(15)16-2/h4-5H,3,6H2,1-2H3. The number of esters is 1. The molecule has 1 aromatic carbocycles. The second-order valence-corrected chi connectivity index (χ2v) is 3.48. The van der Waals surface area contributed by atoms with Crippen LogP contribution in [0.2, 0.25) is 0 Å². The van der Waals surface area contributed by atoms with Crippen molar-refractivity contribution < 1.29 is 9.53 Å². The number of rotatable bonds is 3. The van der Waals surface area contributed by atoms with E-state index < -0.39 is 5.97 Å². The number of carbonyl (C=O) groups is 1. The predicted octanol–water partition coefficient (Wildman–Crippen LogP) is 2.65. The number of halogens is 1. The normalized spacial score (nSPS) is 9.62. The van der Waals surface area contributed by atoms with Crippen LogP contribution in [0.15, 0.2) is 12.1 Å². The molecule has 0 N–H and O–H groups in total. The quantitative estimate of drug-likeness (QED) is 0.600. The van der Waals surface area contributed by atoms with Gasteiger partial charge in [0.1, 0.15) is 0 Å². The van der Waals surface area contributed by atoms with Gasteiger partial charge in [-0.3, -0.25) is 0 Å². The summed E-state index contributed by atoms with van der Waals surface area (Å²) in [6.07, 6.45) is 0.595. The Morgan fingerprint density at radius 3 is 2.69 bits per heavy atom. The van der Waals surface area contributed by atoms with E-state index in [1.54, 1.807) is 12.1 Å². The molecule has 1 rings (SSSR count). The van der Waals surface area contributed by atoms with Crippen molar-refractivity contribution in [1.29, 1.82) is 5.26 Å². The van der Waals surface area contributed by atoms with Gasteiger partial charge < -0.3 is 4.74 Å². The fourth-order valence-electron chi connectivity index (χ4n) is 1.64. The second-order valence-electron chi connectivity index (χ2n) is 3.22. The Balaban J connectivity index is 3.50. The molecule has 0 amide bonds. The molecule has 16 heavy (non-hydrogen) atoms. The summed E-state index contributed by atoms with van der Waals surface area (Å²) in [5.41, 5.74) is 2.33. The Morgan fingerprint density at radius 2 is 2.25 bits per heavy atom. The van der Waals surface area contributed by atoms with Crippen LogP contribution in [0.3, 0.4) is 0 Å². The number of hydrogen-bond acceptors (Lipinski definition) is 3. The zero-order valence-electron chi connectivity index (χ0n) is 9.21. The fraction of sp³-hybridized carbons (Fsp3) is 0.333. The first-order chi connectivity index (χ1) is 7.69. The number of benzene rings is 1. The summed E-state index contributed by atoms with van der Waals surface area (Å²) in [5, 5.41) is 8.96. The lowest BCUT2D eigenvalue weighted by Gasteiger charge is -2.11. The summed E-state index contributed by atoms with van der Waals surface area (Å²) in [6, 6.07) is 5.44. The average Bonchev–Trinajstić information content (AvgIpc) is 2.35. The third kappa shape index (κ3) is 2.17. The molecule has 1 aromatic rings. The fourth-order valence-corrected chi connectivity index (χ4v) is 1.86. The first-order valence-corrected chi connectivity index (χ1v) is 5.42. The maximum absolute atomic E-state index is 11.7. The average molecular weight is 238 g/mol. The molecule has 0 aliphatic carbocycles. The van der Waals surface area contributed by atoms with Crippen LogP contribution < -0.4 is 0 Å². The van der Waals surface area contributed by atoms with E-state index >= 15 is 0 Å². The number of hydrogen-bond donors (Lipinski definition) is 0. The van der Waals surface area contributed by atoms with E-state index in [1.165, 1.54) is 7.11 Å². The third-order valence-corrected chi connectivity index (χ3v) is 2.69. The van der Waals surface area contributed by atoms with Crippen LogP contribution in [0.1, 0.15) is 34.0 Å². The highest BCUT2D eigenvalue weighted by Gasteiger charge is 2.18. The number of alkyl halides is 1. The largest absolute Gasteiger partial charge is 0.465 e. The monoisotopic (exact) mass is 237 g/mol. The van der Waals surface area contributed by atoms with Gasteiger partial charge in [-0.25, -0.2) is 4.79 Å². The summed E-state index contributed by atoms with van der Waals surface area (Å²) < 4.78 is 4.71. The van der Waals surface area contributed by atoms with Crippen LogP contribution in [0.25, 0.3) is 0 Å². The molecule has 0 aromatic heterocycles. The van der Waals surface area contributed by atoms with Gasteiger partial charge in [-0.15, -0.1) is 11.6 Å². The first-order valence-electron chi connectivity index (χ1n) is 4.88. The highest BCUT2D eigenvalue weighted by Crippen LogP contribution is 2.22. The minimum absolute atomic E-state index is 0.225. The van der Waals surface area contributed by atoms with Gasteiger partial charge in [0.05, 0.1) is 24.3 Å². The summed E-state index contributed by atoms with van der Waals surface area (Å²) in [5.74, 6) is -0.215. The van der Waals surface area contributed by atoms with Gasteiger partial charge in [-0.1, -0.05) is 13.0 Å². The van der Waals surface area contributed by atoms with E-state index in [-0.39, 0.29) is 5.88 Å². The molecule has 0 atom stereocenters. The number of methoxy groups -OCH3 is 1. The maximum atomic E-state index is 11.7. The molecule has 0 heterocycles. The Morgan fingerprint density at radius 1 is 1.56 bits per heavy atom. The molecule has 0 spiro atoms. The number of nitriles is 1. The zero-order valence-corrected chi connectivity index (χ0v) is 9.97. The molecular weight excluding hydrogens is 226 g/mol. The number of ether oxygens (including phenoxy) is 1. The minimum Gasteiger partial charge on any atom is -0.465 e. The van der Waals surface area contributed by atoms with Crippen LogP contribution in [-0.4, -0.2) is 13.1 Å². The van der Waals surface area contributed by atoms with E-state index in [4.69, 9.17) is 21.6 Å². The van der Waals surface area contributed by atoms with E-state index in [0.29, 0.717) is 28.7 Å². The van der Waals surface area contributed by atoms with E-state index in [1.807, 2.05) is 6.92 Å². The Labute approximate surface area is 99.6 Å². The van der Waals surface area contributed by atoms with Gasteiger partial charge in [0.2, 0.25) is 0 Å². The smallest absolute Gasteiger partial charge is 0.338 e. The van der Waals surface area contributed by atoms with E-state index in [0.717, 1.165) is 0 Å². The van der Waals surface area contributed by atoms with Gasteiger partial charge in [0, 0.05) is 5.88 Å². The number of carbonyl (C=O) groups excluding carboxylic acids is 1. The van der Waals surface area contributed by atoms with Crippen LogP contribution in [0.4, 0.5) is 0 Å². The molecule has 3 nitrogen and oxygen atoms in total. The van der Waals surface area contributed by atoms with Crippen molar-refractivity contribution in [3.8, 4) is 6.07 Å². The molecule has 0 saturated heterocycles. The Bertz CT molecular complexity index is 449. The maximum Gasteiger partial charge on any atom is 0.338 e. The van der Waals surface area contributed by atoms with Gasteiger partial charge in [0.25, 0.3) is 0 Å². The number of nitrogens with zero attached hydrogens (tertiary/aromatic N) is 1. The van der Waals surface area contributed by atoms with E-state index in [2.05, 4.69) is 6.07 Å². The summed E-state index contributed by atoms with van der Waals surface area (Å²) in [6.45, 7) is 1.89. The van der Waals surface area contributed by atoms with Crippen LogP contribution >= 0.6 is 11.6 Å². The van der Waals surface area contributed by atoms with Crippen molar-refractivity contribution >= 4 is 17.6 Å². The summed E-state index contributed by atoms with van der Waals surface area (Å²) in [4.78, 5) is 11.7. The first kappa shape index (κ1) is 12.5. The predicted molar refractivity (Wildman–Crippen MR) is 61.4 cm³/mol. The van der Waals surface area contributed by atoms with Crippen molar-refractivity contribution in [1.82, 2.24) is 0 Å². The topological polar surface area (TPSA) is 50.1 Å². The molecule has 0 saturated carbocycles. The van der Waals surface area contributed by atoms with Gasteiger partial charge in [0.15, 0.2) is 0 Å². The lowest BCUT2D eigenvalue weighted by atomic mass is 9.95. The third-order valence-electron chi connectivity index (χ3n) is 2.41. The van der Waals surface area contributed by atoms with Crippen molar-refractivity contribution in [2.75, 3.05) is 7.11 Å². The van der Waals surface area contributed by atoms with Crippen molar-refractivity contribution in [3.63, 3.8) is 0 Å². The van der Waals surface area contributed by atoms with Crippen molar-refractivity contribution in [2.45, 2.75) is 19.2 Å². The molecule has 0 unspecified atom stereocenters. The molecule has 4 heteroatoms. The molecule has 0 radical (unpaired) electrons. The molecule has 0 aliphatic heterocycles. The Kier molecular flexibility index (Phi) is 4.33. The SMILES string of the molecule is CCc1c(C#N)ccc(CCl)c1C(=O)OC. The van der Waals surface area contributed by atoms with Crippen molar-refractivity contribution in [3.05, 3.63) is 34.4 Å². The Hall–Kier alpha value is -1.53. The highest BCUT2D eigenvalue weighted by atomic mass is 35.5. The van der Waals surface area contributed by atoms with Crippen molar-refractivity contribution in [2.24, 2.45) is 0 Å². The van der Waals surface area contributed by atoms with Gasteiger partial charge >= 0.3 is 5.97 Å². The molecule has 0 fully saturated rings. The van der Waals surface area contributed by atoms with Gasteiger partial charge in [-0.2, -0.15) is 5.26 Å². The molecule has 84 valence electrons. The molecule has 0 bridgehead atoms. The summed E-state index contributed by atoms with van der Waals surface area (Å²) in [7, 11) is 1.32. The second kappa shape index (κ2) is 5.53. The van der Waals surface area contributed by atoms with Crippen LogP contribution in [-0.2, 0) is 17.0 Å². The van der Waals surface area contributed by atoms with Crippen LogP contribution in [0, 0.1) is 11.3 Å².